The molecule has 1 aromatic heterocycles. The lowest BCUT2D eigenvalue weighted by Gasteiger charge is -2.16. The molecule has 0 unspecified atom stereocenters. The Bertz CT molecular complexity index is 1020. The van der Waals surface area contributed by atoms with Gasteiger partial charge in [-0.3, -0.25) is 13.9 Å². The van der Waals surface area contributed by atoms with Gasteiger partial charge in [-0.1, -0.05) is 60.7 Å². The van der Waals surface area contributed by atoms with Gasteiger partial charge in [-0.25, -0.2) is 13.6 Å². The molecule has 1 heterocycles. The van der Waals surface area contributed by atoms with Gasteiger partial charge >= 0.3 is 5.69 Å². The molecule has 0 saturated heterocycles. The standard InChI is InChI=1S/C20H18F2N2O3/c21-16(14-7-3-1-4-8-14)12-23-18(25)11-19(26)24(20(23)27)13-17(22)15-9-5-2-6-10-15/h1-11,16-17,25H,12-13H2/t16-,17+/m0/s1. The molecule has 1 N–H and O–H groups in total. The molecule has 0 aliphatic heterocycles. The molecule has 0 radical (unpaired) electrons. The molecule has 0 aliphatic rings. The third-order valence-electron chi connectivity index (χ3n) is 4.27. The van der Waals surface area contributed by atoms with E-state index < -0.39 is 42.6 Å². The van der Waals surface area contributed by atoms with Crippen LogP contribution >= 0.6 is 0 Å². The van der Waals surface area contributed by atoms with Gasteiger partial charge in [0.1, 0.15) is 12.3 Å². The first-order valence-corrected chi connectivity index (χ1v) is 8.39. The van der Waals surface area contributed by atoms with Gasteiger partial charge in [-0.2, -0.15) is 0 Å². The highest BCUT2D eigenvalue weighted by Gasteiger charge is 2.19. The van der Waals surface area contributed by atoms with Gasteiger partial charge < -0.3 is 5.11 Å². The van der Waals surface area contributed by atoms with E-state index >= 15 is 0 Å². The lowest BCUT2D eigenvalue weighted by atomic mass is 10.1. The fourth-order valence-electron chi connectivity index (χ4n) is 2.80. The minimum Gasteiger partial charge on any atom is -0.494 e. The summed E-state index contributed by atoms with van der Waals surface area (Å²) in [6, 6.07) is 17.0. The van der Waals surface area contributed by atoms with E-state index in [4.69, 9.17) is 0 Å². The first-order chi connectivity index (χ1) is 13.0. The fraction of sp³-hybridized carbons (Fsp3) is 0.200. The molecule has 2 atom stereocenters. The number of nitrogens with zero attached hydrogens (tertiary/aromatic N) is 2. The van der Waals surface area contributed by atoms with E-state index in [1.165, 1.54) is 0 Å². The lowest BCUT2D eigenvalue weighted by molar-refractivity contribution is 0.261. The zero-order chi connectivity index (χ0) is 19.4. The predicted octanol–water partition coefficient (Wildman–Crippen LogP) is 3.14. The summed E-state index contributed by atoms with van der Waals surface area (Å²) in [4.78, 5) is 24.6. The number of halogens is 2. The summed E-state index contributed by atoms with van der Waals surface area (Å²) in [6.45, 7) is -1.01. The zero-order valence-electron chi connectivity index (χ0n) is 14.3. The lowest BCUT2D eigenvalue weighted by Crippen LogP contribution is -2.40. The van der Waals surface area contributed by atoms with E-state index in [0.29, 0.717) is 15.7 Å². The van der Waals surface area contributed by atoms with E-state index in [9.17, 15) is 23.5 Å². The van der Waals surface area contributed by atoms with Crippen LogP contribution in [0.2, 0.25) is 0 Å². The molecule has 0 fully saturated rings. The number of hydrogen-bond donors (Lipinski definition) is 1. The van der Waals surface area contributed by atoms with Crippen LogP contribution in [0.5, 0.6) is 5.88 Å². The summed E-state index contributed by atoms with van der Waals surface area (Å²) in [5.41, 5.74) is -1.16. The Morgan fingerprint density at radius 1 is 0.778 bits per heavy atom. The molecule has 0 saturated carbocycles. The molecule has 3 aromatic rings. The van der Waals surface area contributed by atoms with Crippen molar-refractivity contribution in [3.8, 4) is 5.88 Å². The van der Waals surface area contributed by atoms with Crippen LogP contribution in [0.15, 0.2) is 76.3 Å². The summed E-state index contributed by atoms with van der Waals surface area (Å²) < 4.78 is 30.4. The zero-order valence-corrected chi connectivity index (χ0v) is 14.3. The van der Waals surface area contributed by atoms with E-state index in [1.807, 2.05) is 0 Å². The third kappa shape index (κ3) is 4.13. The molecule has 0 spiro atoms. The van der Waals surface area contributed by atoms with Crippen molar-refractivity contribution < 1.29 is 13.9 Å². The van der Waals surface area contributed by atoms with Crippen molar-refractivity contribution in [2.45, 2.75) is 25.4 Å². The van der Waals surface area contributed by atoms with Gasteiger partial charge in [0.15, 0.2) is 0 Å². The van der Waals surface area contributed by atoms with Crippen LogP contribution in [0.4, 0.5) is 8.78 Å². The largest absolute Gasteiger partial charge is 0.494 e. The second-order valence-electron chi connectivity index (χ2n) is 6.10. The monoisotopic (exact) mass is 372 g/mol. The highest BCUT2D eigenvalue weighted by molar-refractivity contribution is 5.19. The van der Waals surface area contributed by atoms with E-state index in [0.717, 1.165) is 10.6 Å². The minimum absolute atomic E-state index is 0.316. The van der Waals surface area contributed by atoms with Gasteiger partial charge in [0.25, 0.3) is 5.56 Å². The van der Waals surface area contributed by atoms with Crippen molar-refractivity contribution >= 4 is 0 Å². The normalized spacial score (nSPS) is 13.3. The SMILES string of the molecule is O=c1cc(O)n(C[C@H](F)c2ccccc2)c(=O)n1C[C@@H](F)c1ccccc1. The molecule has 0 amide bonds. The first kappa shape index (κ1) is 18.6. The van der Waals surface area contributed by atoms with Crippen molar-refractivity contribution in [2.75, 3.05) is 0 Å². The highest BCUT2D eigenvalue weighted by Crippen LogP contribution is 2.21. The van der Waals surface area contributed by atoms with Gasteiger partial charge in [-0.05, 0) is 11.1 Å². The van der Waals surface area contributed by atoms with E-state index in [-0.39, 0.29) is 0 Å². The molecule has 2 aromatic carbocycles. The molecule has 7 heteroatoms. The molecule has 3 rings (SSSR count). The summed E-state index contributed by atoms with van der Waals surface area (Å²) in [5, 5.41) is 9.93. The second-order valence-corrected chi connectivity index (χ2v) is 6.10. The Kier molecular flexibility index (Phi) is 5.49. The fourth-order valence-corrected chi connectivity index (χ4v) is 2.80. The van der Waals surface area contributed by atoms with Crippen LogP contribution in [0.25, 0.3) is 0 Å². The van der Waals surface area contributed by atoms with Gasteiger partial charge in [0.05, 0.1) is 19.2 Å². The molecule has 0 bridgehead atoms. The number of benzene rings is 2. The van der Waals surface area contributed by atoms with Crippen molar-refractivity contribution in [3.05, 3.63) is 98.7 Å². The first-order valence-electron chi connectivity index (χ1n) is 8.39. The number of aromatic nitrogens is 2. The average Bonchev–Trinajstić information content (AvgIpc) is 2.69. The molecule has 27 heavy (non-hydrogen) atoms. The maximum Gasteiger partial charge on any atom is 0.333 e. The second kappa shape index (κ2) is 7.99. The van der Waals surface area contributed by atoms with Crippen molar-refractivity contribution in [3.63, 3.8) is 0 Å². The Morgan fingerprint density at radius 2 is 1.22 bits per heavy atom. The van der Waals surface area contributed by atoms with Gasteiger partial charge in [0, 0.05) is 0 Å². The number of rotatable bonds is 6. The van der Waals surface area contributed by atoms with Gasteiger partial charge in [0.2, 0.25) is 5.88 Å². The number of alkyl halides is 2. The number of aromatic hydroxyl groups is 1. The Hall–Kier alpha value is -3.22. The van der Waals surface area contributed by atoms with Crippen LogP contribution in [-0.2, 0) is 13.1 Å². The number of hydrogen-bond acceptors (Lipinski definition) is 3. The average molecular weight is 372 g/mol. The Balaban J connectivity index is 1.91. The summed E-state index contributed by atoms with van der Waals surface area (Å²) >= 11 is 0. The highest BCUT2D eigenvalue weighted by atomic mass is 19.1. The van der Waals surface area contributed by atoms with Crippen LogP contribution in [0.1, 0.15) is 23.5 Å². The predicted molar refractivity (Wildman–Crippen MR) is 97.2 cm³/mol. The molecule has 140 valence electrons. The summed E-state index contributed by atoms with van der Waals surface area (Å²) in [6.07, 6.45) is -3.17. The van der Waals surface area contributed by atoms with E-state index in [1.54, 1.807) is 60.7 Å². The van der Waals surface area contributed by atoms with Crippen LogP contribution in [0.3, 0.4) is 0 Å². The molecular weight excluding hydrogens is 354 g/mol. The van der Waals surface area contributed by atoms with Crippen molar-refractivity contribution in [2.24, 2.45) is 0 Å². The molecule has 0 aliphatic carbocycles. The topological polar surface area (TPSA) is 64.2 Å². The quantitative estimate of drug-likeness (QED) is 0.723. The van der Waals surface area contributed by atoms with Crippen LogP contribution < -0.4 is 11.2 Å². The van der Waals surface area contributed by atoms with Crippen molar-refractivity contribution in [1.29, 1.82) is 0 Å². The van der Waals surface area contributed by atoms with E-state index in [2.05, 4.69) is 0 Å². The third-order valence-corrected chi connectivity index (χ3v) is 4.27. The summed E-state index contributed by atoms with van der Waals surface area (Å²) in [5.74, 6) is -0.657. The Morgan fingerprint density at radius 3 is 1.70 bits per heavy atom. The van der Waals surface area contributed by atoms with Crippen molar-refractivity contribution in [1.82, 2.24) is 9.13 Å². The summed E-state index contributed by atoms with van der Waals surface area (Å²) in [7, 11) is 0. The molecule has 5 nitrogen and oxygen atoms in total. The molecular formula is C20H18F2N2O3. The maximum absolute atomic E-state index is 14.5. The minimum atomic E-state index is -1.59. The maximum atomic E-state index is 14.5. The van der Waals surface area contributed by atoms with Gasteiger partial charge in [-0.15, -0.1) is 0 Å². The van der Waals surface area contributed by atoms with Crippen LogP contribution in [-0.4, -0.2) is 14.2 Å². The Labute approximate surface area is 153 Å². The van der Waals surface area contributed by atoms with Crippen LogP contribution in [0, 0.1) is 0 Å². The smallest absolute Gasteiger partial charge is 0.333 e.